The first-order valence-corrected chi connectivity index (χ1v) is 10.3. The number of anilines is 1. The molecule has 146 valence electrons. The molecule has 0 spiro atoms. The molecule has 0 unspecified atom stereocenters. The molecule has 1 saturated heterocycles. The maximum Gasteiger partial charge on any atom is 0.256 e. The van der Waals surface area contributed by atoms with E-state index in [0.717, 1.165) is 55.6 Å². The fourth-order valence-electron chi connectivity index (χ4n) is 4.24. The lowest BCUT2D eigenvalue weighted by Crippen LogP contribution is -2.47. The molecule has 1 aromatic carbocycles. The molecule has 1 amide bonds. The Morgan fingerprint density at radius 3 is 2.57 bits per heavy atom. The van der Waals surface area contributed by atoms with Crippen LogP contribution in [0.15, 0.2) is 45.7 Å². The molecule has 28 heavy (non-hydrogen) atoms. The zero-order valence-electron chi connectivity index (χ0n) is 16.2. The molecule has 7 heteroatoms. The van der Waals surface area contributed by atoms with Crippen LogP contribution in [0.5, 0.6) is 0 Å². The second-order valence-corrected chi connectivity index (χ2v) is 7.81. The normalized spacial score (nSPS) is 22.0. The molecule has 7 nitrogen and oxygen atoms in total. The number of allylic oxidation sites excluding steroid dienone is 1. The minimum atomic E-state index is -0.143. The predicted molar refractivity (Wildman–Crippen MR) is 111 cm³/mol. The highest BCUT2D eigenvalue weighted by atomic mass is 16.1. The van der Waals surface area contributed by atoms with E-state index in [1.807, 2.05) is 24.3 Å². The van der Waals surface area contributed by atoms with Crippen molar-refractivity contribution in [2.24, 2.45) is 10.2 Å². The van der Waals surface area contributed by atoms with Gasteiger partial charge in [0.05, 0.1) is 17.8 Å². The average Bonchev–Trinajstić information content (AvgIpc) is 3.40. The van der Waals surface area contributed by atoms with Crippen LogP contribution in [-0.2, 0) is 0 Å². The van der Waals surface area contributed by atoms with Crippen molar-refractivity contribution in [2.45, 2.75) is 32.2 Å². The van der Waals surface area contributed by atoms with E-state index in [0.29, 0.717) is 17.9 Å². The molecule has 4 aliphatic rings. The van der Waals surface area contributed by atoms with Crippen molar-refractivity contribution in [1.29, 1.82) is 0 Å². The topological polar surface area (TPSA) is 72.3 Å². The Bertz CT molecular complexity index is 873. The fraction of sp³-hybridized carbons (Fsp3) is 0.476. The molecule has 0 atom stereocenters. The number of fused-ring (bicyclic) bond motifs is 1. The third-order valence-corrected chi connectivity index (χ3v) is 6.02. The Kier molecular flexibility index (Phi) is 4.39. The molecule has 1 saturated carbocycles. The number of piperazine rings is 1. The van der Waals surface area contributed by atoms with Crippen LogP contribution in [0, 0.1) is 0 Å². The molecule has 5 rings (SSSR count). The van der Waals surface area contributed by atoms with Crippen molar-refractivity contribution in [3.63, 3.8) is 0 Å². The van der Waals surface area contributed by atoms with Gasteiger partial charge in [-0.15, -0.1) is 5.10 Å². The Hall–Kier alpha value is -2.67. The summed E-state index contributed by atoms with van der Waals surface area (Å²) in [7, 11) is 0. The monoisotopic (exact) mass is 378 g/mol. The molecule has 0 bridgehead atoms. The third kappa shape index (κ3) is 3.20. The number of carbonyl (C=O) groups excluding carboxylic acids is 1. The molecule has 0 radical (unpaired) electrons. The van der Waals surface area contributed by atoms with Gasteiger partial charge >= 0.3 is 0 Å². The molecule has 2 fully saturated rings. The van der Waals surface area contributed by atoms with Gasteiger partial charge in [-0.25, -0.2) is 0 Å². The summed E-state index contributed by atoms with van der Waals surface area (Å²) in [6, 6.07) is 8.74. The van der Waals surface area contributed by atoms with Gasteiger partial charge in [-0.05, 0) is 43.5 Å². The summed E-state index contributed by atoms with van der Waals surface area (Å²) in [6.07, 6.45) is 3.61. The quantitative estimate of drug-likeness (QED) is 0.837. The van der Waals surface area contributed by atoms with E-state index in [1.165, 1.54) is 18.5 Å². The molecule has 1 aromatic rings. The van der Waals surface area contributed by atoms with Gasteiger partial charge in [0.2, 0.25) is 0 Å². The summed E-state index contributed by atoms with van der Waals surface area (Å²) in [4.78, 5) is 17.7. The zero-order chi connectivity index (χ0) is 19.1. The smallest absolute Gasteiger partial charge is 0.256 e. The molecule has 1 aliphatic carbocycles. The lowest BCUT2D eigenvalue weighted by molar-refractivity contribution is 0.0977. The van der Waals surface area contributed by atoms with Gasteiger partial charge in [0.1, 0.15) is 0 Å². The number of hydrogen-bond donors (Lipinski definition) is 2. The van der Waals surface area contributed by atoms with Crippen LogP contribution in [0.1, 0.15) is 36.5 Å². The number of nitrogens with one attached hydrogen (secondary N) is 2. The lowest BCUT2D eigenvalue weighted by Gasteiger charge is -2.36. The standard InChI is InChI=1S/C21H26N6O/c1-2-17-19-18(13-22-17)24-25-20(19)23-21(28)14-3-5-15(6-4-14)26-9-11-27(12-10-26)16-7-8-16/h3-6,16,22H,2,7-13H2,1H3,(H,23,25,28). The Morgan fingerprint density at radius 2 is 1.89 bits per heavy atom. The zero-order valence-corrected chi connectivity index (χ0v) is 16.2. The van der Waals surface area contributed by atoms with Crippen molar-refractivity contribution < 1.29 is 4.79 Å². The summed E-state index contributed by atoms with van der Waals surface area (Å²) in [6.45, 7) is 7.15. The second kappa shape index (κ2) is 7.05. The van der Waals surface area contributed by atoms with Crippen molar-refractivity contribution in [3.05, 3.63) is 41.1 Å². The number of carbonyl (C=O) groups is 1. The Balaban J connectivity index is 1.22. The number of rotatable bonds is 4. The van der Waals surface area contributed by atoms with Gasteiger partial charge in [-0.1, -0.05) is 6.92 Å². The first-order valence-electron chi connectivity index (χ1n) is 10.3. The van der Waals surface area contributed by atoms with Crippen LogP contribution in [0.3, 0.4) is 0 Å². The van der Waals surface area contributed by atoms with Gasteiger partial charge in [-0.3, -0.25) is 9.69 Å². The maximum atomic E-state index is 12.7. The Morgan fingerprint density at radius 1 is 1.14 bits per heavy atom. The van der Waals surface area contributed by atoms with E-state index < -0.39 is 0 Å². The van der Waals surface area contributed by atoms with Gasteiger partial charge in [0, 0.05) is 49.2 Å². The lowest BCUT2D eigenvalue weighted by atomic mass is 10.1. The minimum Gasteiger partial charge on any atom is -0.382 e. The maximum absolute atomic E-state index is 12.7. The van der Waals surface area contributed by atoms with Crippen LogP contribution in [0.4, 0.5) is 5.69 Å². The van der Waals surface area contributed by atoms with Crippen LogP contribution < -0.4 is 15.5 Å². The number of amidine groups is 1. The Labute approximate surface area is 165 Å². The summed E-state index contributed by atoms with van der Waals surface area (Å²) in [5, 5.41) is 14.6. The van der Waals surface area contributed by atoms with Crippen LogP contribution in [-0.4, -0.2) is 61.1 Å². The number of hydrogen-bond acceptors (Lipinski definition) is 6. The largest absolute Gasteiger partial charge is 0.382 e. The molecule has 3 heterocycles. The molecular weight excluding hydrogens is 352 g/mol. The SMILES string of the molecule is CCC1=C2C(=NN=C2NC(=O)c2ccc(N3CCN(C4CC4)CC3)cc2)CN1. The van der Waals surface area contributed by atoms with Crippen molar-refractivity contribution in [2.75, 3.05) is 37.6 Å². The van der Waals surface area contributed by atoms with Gasteiger partial charge in [0.25, 0.3) is 5.91 Å². The first-order chi connectivity index (χ1) is 13.7. The fourth-order valence-corrected chi connectivity index (χ4v) is 4.24. The number of amides is 1. The van der Waals surface area contributed by atoms with Crippen molar-refractivity contribution >= 4 is 23.1 Å². The van der Waals surface area contributed by atoms with E-state index >= 15 is 0 Å². The minimum absolute atomic E-state index is 0.143. The third-order valence-electron chi connectivity index (χ3n) is 6.02. The molecule has 3 aliphatic heterocycles. The van der Waals surface area contributed by atoms with Crippen LogP contribution >= 0.6 is 0 Å². The van der Waals surface area contributed by atoms with Crippen molar-refractivity contribution in [1.82, 2.24) is 15.5 Å². The summed E-state index contributed by atoms with van der Waals surface area (Å²) < 4.78 is 0. The highest BCUT2D eigenvalue weighted by Crippen LogP contribution is 2.28. The van der Waals surface area contributed by atoms with Gasteiger partial charge in [-0.2, -0.15) is 5.10 Å². The second-order valence-electron chi connectivity index (χ2n) is 7.81. The molecular formula is C21H26N6O. The summed E-state index contributed by atoms with van der Waals surface area (Å²) in [5.41, 5.74) is 4.79. The van der Waals surface area contributed by atoms with E-state index in [4.69, 9.17) is 0 Å². The van der Waals surface area contributed by atoms with Crippen LogP contribution in [0.25, 0.3) is 0 Å². The van der Waals surface area contributed by atoms with Crippen molar-refractivity contribution in [3.8, 4) is 0 Å². The first kappa shape index (κ1) is 17.4. The predicted octanol–water partition coefficient (Wildman–Crippen LogP) is 1.74. The van der Waals surface area contributed by atoms with E-state index in [-0.39, 0.29) is 5.91 Å². The molecule has 0 aromatic heterocycles. The average molecular weight is 378 g/mol. The molecule has 2 N–H and O–H groups in total. The van der Waals surface area contributed by atoms with Gasteiger partial charge in [0.15, 0.2) is 5.84 Å². The van der Waals surface area contributed by atoms with E-state index in [1.54, 1.807) is 0 Å². The highest BCUT2D eigenvalue weighted by molar-refractivity contribution is 6.31. The number of nitrogens with zero attached hydrogens (tertiary/aromatic N) is 4. The van der Waals surface area contributed by atoms with E-state index in [2.05, 4.69) is 37.6 Å². The summed E-state index contributed by atoms with van der Waals surface area (Å²) in [5.74, 6) is 0.414. The van der Waals surface area contributed by atoms with E-state index in [9.17, 15) is 4.79 Å². The summed E-state index contributed by atoms with van der Waals surface area (Å²) >= 11 is 0. The van der Waals surface area contributed by atoms with Crippen LogP contribution in [0.2, 0.25) is 0 Å². The highest BCUT2D eigenvalue weighted by Gasteiger charge is 2.31. The van der Waals surface area contributed by atoms with Gasteiger partial charge < -0.3 is 15.5 Å². The number of benzene rings is 1.